The van der Waals surface area contributed by atoms with Gasteiger partial charge in [-0.15, -0.1) is 0 Å². The first-order valence-corrected chi connectivity index (χ1v) is 10.3. The standard InChI is InChI=1S/C19H27O9P.Na/c1-19(23,12-11-16-9-7-10-18(22)27-16)17(28-29(24,25)26)14-15(21)8-5-3-2-4-6-13-20;/h2-8,10-12,15-17,20-21,23H,9,13-14H2,1H3,(H2,24,25,26);/q;+1/p-1/b3-2-,6-4+,8-5-,12-11+;/t15-,16+,17+,19-;/m0./s1. The van der Waals surface area contributed by atoms with Crippen LogP contribution >= 0.6 is 7.82 Å². The van der Waals surface area contributed by atoms with Gasteiger partial charge in [0.25, 0.3) is 7.82 Å². The van der Waals surface area contributed by atoms with Crippen LogP contribution in [-0.4, -0.2) is 56.7 Å². The van der Waals surface area contributed by atoms with E-state index < -0.39 is 37.7 Å². The third kappa shape index (κ3) is 12.8. The van der Waals surface area contributed by atoms with Gasteiger partial charge in [0, 0.05) is 18.9 Å². The predicted octanol–water partition coefficient (Wildman–Crippen LogP) is -2.57. The number of aliphatic hydroxyl groups excluding tert-OH is 2. The Kier molecular flexibility index (Phi) is 13.9. The van der Waals surface area contributed by atoms with Gasteiger partial charge in [-0.05, 0) is 13.0 Å². The molecule has 162 valence electrons. The molecule has 0 aromatic carbocycles. The van der Waals surface area contributed by atoms with Crippen LogP contribution in [0.15, 0.2) is 60.8 Å². The summed E-state index contributed by atoms with van der Waals surface area (Å²) in [5.41, 5.74) is -1.91. The molecule has 9 nitrogen and oxygen atoms in total. The van der Waals surface area contributed by atoms with Gasteiger partial charge in [0.05, 0.1) is 12.7 Å². The predicted molar refractivity (Wildman–Crippen MR) is 103 cm³/mol. The molecule has 0 aromatic rings. The average molecular weight is 452 g/mol. The van der Waals surface area contributed by atoms with Crippen molar-refractivity contribution in [1.29, 1.82) is 0 Å². The second-order valence-electron chi connectivity index (χ2n) is 6.44. The molecule has 0 spiro atoms. The molecule has 5 atom stereocenters. The number of rotatable bonds is 11. The van der Waals surface area contributed by atoms with Crippen LogP contribution in [0, 0.1) is 0 Å². The molecule has 0 fully saturated rings. The summed E-state index contributed by atoms with van der Waals surface area (Å²) in [6.45, 7) is 1.13. The summed E-state index contributed by atoms with van der Waals surface area (Å²) in [5.74, 6) is -0.541. The van der Waals surface area contributed by atoms with Gasteiger partial charge in [0.15, 0.2) is 0 Å². The summed E-state index contributed by atoms with van der Waals surface area (Å²) in [6, 6.07) is 0. The molecule has 0 saturated heterocycles. The van der Waals surface area contributed by atoms with E-state index in [9.17, 15) is 24.5 Å². The Morgan fingerprint density at radius 2 is 2.07 bits per heavy atom. The number of hydrogen-bond donors (Lipinski definition) is 4. The van der Waals surface area contributed by atoms with E-state index in [1.807, 2.05) is 0 Å². The van der Waals surface area contributed by atoms with Gasteiger partial charge in [-0.25, -0.2) is 4.79 Å². The minimum atomic E-state index is -5.21. The Morgan fingerprint density at radius 3 is 2.67 bits per heavy atom. The van der Waals surface area contributed by atoms with Gasteiger partial charge in [-0.3, -0.25) is 4.57 Å². The fraction of sp³-hybridized carbons (Fsp3) is 0.421. The van der Waals surface area contributed by atoms with Crippen LogP contribution in [0.4, 0.5) is 0 Å². The normalized spacial score (nSPS) is 23.4. The largest absolute Gasteiger partial charge is 1.00 e. The number of carbonyl (C=O) groups excluding carboxylic acids is 1. The third-order valence-electron chi connectivity index (χ3n) is 3.81. The van der Waals surface area contributed by atoms with Crippen molar-refractivity contribution in [3.8, 4) is 0 Å². The Hall–Kier alpha value is -0.840. The molecule has 0 aliphatic carbocycles. The molecule has 0 saturated carbocycles. The van der Waals surface area contributed by atoms with E-state index in [2.05, 4.69) is 4.52 Å². The molecule has 1 aliphatic heterocycles. The zero-order valence-electron chi connectivity index (χ0n) is 16.9. The number of ether oxygens (including phenoxy) is 1. The van der Waals surface area contributed by atoms with Gasteiger partial charge in [0.2, 0.25) is 0 Å². The van der Waals surface area contributed by atoms with Crippen LogP contribution in [0.2, 0.25) is 0 Å². The maximum Gasteiger partial charge on any atom is 1.00 e. The summed E-state index contributed by atoms with van der Waals surface area (Å²) in [6.07, 6.45) is 11.2. The first-order valence-electron chi connectivity index (χ1n) is 8.83. The van der Waals surface area contributed by atoms with E-state index in [1.165, 1.54) is 43.4 Å². The molecule has 4 N–H and O–H groups in total. The zero-order valence-corrected chi connectivity index (χ0v) is 19.8. The summed E-state index contributed by atoms with van der Waals surface area (Å²) < 4.78 is 20.8. The molecule has 0 radical (unpaired) electrons. The third-order valence-corrected chi connectivity index (χ3v) is 4.34. The van der Waals surface area contributed by atoms with Crippen molar-refractivity contribution in [2.75, 3.05) is 6.61 Å². The van der Waals surface area contributed by atoms with Crippen molar-refractivity contribution in [1.82, 2.24) is 0 Å². The van der Waals surface area contributed by atoms with Crippen molar-refractivity contribution < 1.29 is 73.3 Å². The van der Waals surface area contributed by atoms with Crippen LogP contribution < -0.4 is 34.5 Å². The second-order valence-corrected chi connectivity index (χ2v) is 7.59. The van der Waals surface area contributed by atoms with E-state index in [-0.39, 0.29) is 42.6 Å². The van der Waals surface area contributed by atoms with Crippen molar-refractivity contribution in [3.05, 3.63) is 60.8 Å². The summed E-state index contributed by atoms with van der Waals surface area (Å²) in [7, 11) is -5.21. The molecular formula is C19H26NaO9P. The number of hydrogen-bond acceptors (Lipinski definition) is 8. The minimum Gasteiger partial charge on any atom is -0.756 e. The molecule has 30 heavy (non-hydrogen) atoms. The summed E-state index contributed by atoms with van der Waals surface area (Å²) >= 11 is 0. The molecule has 1 aliphatic rings. The molecule has 1 unspecified atom stereocenters. The smallest absolute Gasteiger partial charge is 0.756 e. The fourth-order valence-corrected chi connectivity index (χ4v) is 2.99. The number of phosphoric ester groups is 1. The topological polar surface area (TPSA) is 157 Å². The average Bonchev–Trinajstić information content (AvgIpc) is 2.61. The first-order chi connectivity index (χ1) is 13.5. The van der Waals surface area contributed by atoms with Gasteiger partial charge in [-0.2, -0.15) is 0 Å². The van der Waals surface area contributed by atoms with Crippen molar-refractivity contribution in [2.24, 2.45) is 0 Å². The van der Waals surface area contributed by atoms with E-state index in [0.717, 1.165) is 0 Å². The fourth-order valence-electron chi connectivity index (χ4n) is 2.37. The maximum atomic E-state index is 11.2. The van der Waals surface area contributed by atoms with Crippen molar-refractivity contribution in [3.63, 3.8) is 0 Å². The van der Waals surface area contributed by atoms with Crippen molar-refractivity contribution in [2.45, 2.75) is 43.7 Å². The summed E-state index contributed by atoms with van der Waals surface area (Å²) in [4.78, 5) is 31.5. The molecule has 11 heteroatoms. The molecule has 0 aromatic heterocycles. The van der Waals surface area contributed by atoms with Crippen LogP contribution in [-0.2, 0) is 18.6 Å². The molecule has 0 bridgehead atoms. The summed E-state index contributed by atoms with van der Waals surface area (Å²) in [5, 5.41) is 29.3. The molecule has 1 rings (SSSR count). The van der Waals surface area contributed by atoms with Crippen molar-refractivity contribution >= 4 is 13.8 Å². The zero-order chi connectivity index (χ0) is 21.9. The van der Waals surface area contributed by atoms with Crippen LogP contribution in [0.25, 0.3) is 0 Å². The molecular weight excluding hydrogens is 426 g/mol. The number of cyclic esters (lactones) is 1. The quantitative estimate of drug-likeness (QED) is 0.0870. The Morgan fingerprint density at radius 1 is 1.40 bits per heavy atom. The number of allylic oxidation sites excluding steroid dienone is 4. The van der Waals surface area contributed by atoms with Crippen LogP contribution in [0.5, 0.6) is 0 Å². The maximum absolute atomic E-state index is 11.2. The second kappa shape index (κ2) is 14.3. The van der Waals surface area contributed by atoms with E-state index in [4.69, 9.17) is 14.7 Å². The van der Waals surface area contributed by atoms with Crippen LogP contribution in [0.3, 0.4) is 0 Å². The minimum absolute atomic E-state index is 0. The van der Waals surface area contributed by atoms with Gasteiger partial charge in [0.1, 0.15) is 17.8 Å². The molecule has 0 amide bonds. The van der Waals surface area contributed by atoms with Gasteiger partial charge in [-0.1, -0.05) is 48.6 Å². The van der Waals surface area contributed by atoms with E-state index >= 15 is 0 Å². The first kappa shape index (κ1) is 29.2. The number of carbonyl (C=O) groups is 1. The van der Waals surface area contributed by atoms with Gasteiger partial charge >= 0.3 is 35.5 Å². The monoisotopic (exact) mass is 452 g/mol. The Labute approximate surface area is 197 Å². The van der Waals surface area contributed by atoms with Crippen LogP contribution in [0.1, 0.15) is 19.8 Å². The number of esters is 1. The Balaban J connectivity index is 0.00000841. The van der Waals surface area contributed by atoms with Gasteiger partial charge < -0.3 is 34.4 Å². The van der Waals surface area contributed by atoms with E-state index in [0.29, 0.717) is 6.42 Å². The van der Waals surface area contributed by atoms with E-state index in [1.54, 1.807) is 24.3 Å². The SMILES string of the molecule is C[C@](O)(/C=C/[C@H]1CC=CC(=O)O1)[C@@H](C[C@@H](O)\C=C/C=C\C=C\CO)OP(=O)([O-])O.[Na+]. The Bertz CT molecular complexity index is 722. The number of aliphatic hydroxyl groups is 3. The number of phosphoric acid groups is 1. The molecule has 1 heterocycles.